The van der Waals surface area contributed by atoms with Gasteiger partial charge < -0.3 is 10.6 Å². The molecule has 4 nitrogen and oxygen atoms in total. The summed E-state index contributed by atoms with van der Waals surface area (Å²) in [4.78, 5) is 14.4. The van der Waals surface area contributed by atoms with Gasteiger partial charge in [0.15, 0.2) is 0 Å². The largest absolute Gasteiger partial charge is 0.358 e. The molecular weight excluding hydrogens is 336 g/mol. The van der Waals surface area contributed by atoms with E-state index in [4.69, 9.17) is 0 Å². The summed E-state index contributed by atoms with van der Waals surface area (Å²) in [6.45, 7) is 1.67. The molecule has 2 atom stereocenters. The number of amides is 1. The number of hydrogen-bond donors (Lipinski definition) is 2. The zero-order valence-electron chi connectivity index (χ0n) is 14.7. The second-order valence-corrected chi connectivity index (χ2v) is 6.59. The molecule has 1 aliphatic heterocycles. The first kappa shape index (κ1) is 18.5. The van der Waals surface area contributed by atoms with Crippen LogP contribution in [0.4, 0.5) is 8.78 Å². The van der Waals surface area contributed by atoms with Gasteiger partial charge in [-0.25, -0.2) is 8.78 Å². The smallest absolute Gasteiger partial charge is 0.237 e. The van der Waals surface area contributed by atoms with Gasteiger partial charge in [-0.2, -0.15) is 0 Å². The van der Waals surface area contributed by atoms with Gasteiger partial charge in [0, 0.05) is 44.4 Å². The summed E-state index contributed by atoms with van der Waals surface area (Å²) in [5.41, 5.74) is 1.57. The molecule has 1 fully saturated rings. The Morgan fingerprint density at radius 2 is 1.96 bits per heavy atom. The van der Waals surface area contributed by atoms with Gasteiger partial charge in [0.05, 0.1) is 6.04 Å². The standard InChI is InChI=1S/C20H23F2N3O/c1-23-20(26)19-10-17(13-25(19)12-14-5-3-2-4-6-14)24-11-15-7-8-16(21)9-18(15)22/h2-9,17,19,24H,10-13H2,1H3,(H,23,26)/t17-,19+/m1/s1. The van der Waals surface area contributed by atoms with Crippen LogP contribution in [0.25, 0.3) is 0 Å². The number of rotatable bonds is 6. The number of likely N-dealkylation sites (tertiary alicyclic amines) is 1. The minimum Gasteiger partial charge on any atom is -0.358 e. The number of nitrogens with zero attached hydrogens (tertiary/aromatic N) is 1. The van der Waals surface area contributed by atoms with Crippen LogP contribution in [0, 0.1) is 11.6 Å². The molecule has 0 saturated carbocycles. The molecule has 0 unspecified atom stereocenters. The Balaban J connectivity index is 1.64. The summed E-state index contributed by atoms with van der Waals surface area (Å²) in [6.07, 6.45) is 0.648. The molecule has 138 valence electrons. The lowest BCUT2D eigenvalue weighted by atomic mass is 10.1. The van der Waals surface area contributed by atoms with E-state index in [-0.39, 0.29) is 18.0 Å². The van der Waals surface area contributed by atoms with Gasteiger partial charge in [0.25, 0.3) is 0 Å². The van der Waals surface area contributed by atoms with E-state index < -0.39 is 11.6 Å². The van der Waals surface area contributed by atoms with Crippen LogP contribution < -0.4 is 10.6 Å². The van der Waals surface area contributed by atoms with Gasteiger partial charge in [-0.1, -0.05) is 36.4 Å². The molecule has 1 amide bonds. The molecule has 1 aliphatic rings. The van der Waals surface area contributed by atoms with Gasteiger partial charge in [-0.05, 0) is 18.1 Å². The zero-order valence-corrected chi connectivity index (χ0v) is 14.7. The molecule has 2 N–H and O–H groups in total. The fourth-order valence-electron chi connectivity index (χ4n) is 3.40. The maximum Gasteiger partial charge on any atom is 0.237 e. The summed E-state index contributed by atoms with van der Waals surface area (Å²) in [6, 6.07) is 13.4. The third-order valence-electron chi connectivity index (χ3n) is 4.78. The Labute approximate surface area is 152 Å². The fourth-order valence-corrected chi connectivity index (χ4v) is 3.40. The van der Waals surface area contributed by atoms with Crippen LogP contribution in [0.3, 0.4) is 0 Å². The van der Waals surface area contributed by atoms with Crippen LogP contribution in [0.5, 0.6) is 0 Å². The van der Waals surface area contributed by atoms with Gasteiger partial charge in [-0.3, -0.25) is 9.69 Å². The lowest BCUT2D eigenvalue weighted by molar-refractivity contribution is -0.125. The van der Waals surface area contributed by atoms with Crippen LogP contribution in [0.1, 0.15) is 17.5 Å². The molecule has 0 spiro atoms. The number of nitrogens with one attached hydrogen (secondary N) is 2. The highest BCUT2D eigenvalue weighted by molar-refractivity contribution is 5.81. The van der Waals surface area contributed by atoms with Crippen molar-refractivity contribution in [2.24, 2.45) is 0 Å². The maximum absolute atomic E-state index is 13.8. The first-order valence-corrected chi connectivity index (χ1v) is 8.73. The number of halogens is 2. The van der Waals surface area contributed by atoms with Crippen molar-refractivity contribution in [1.82, 2.24) is 15.5 Å². The zero-order chi connectivity index (χ0) is 18.5. The van der Waals surface area contributed by atoms with E-state index in [9.17, 15) is 13.6 Å². The van der Waals surface area contributed by atoms with E-state index in [0.29, 0.717) is 31.6 Å². The van der Waals surface area contributed by atoms with Crippen molar-refractivity contribution in [3.05, 3.63) is 71.3 Å². The summed E-state index contributed by atoms with van der Waals surface area (Å²) in [5.74, 6) is -1.15. The molecule has 3 rings (SSSR count). The molecule has 6 heteroatoms. The third-order valence-corrected chi connectivity index (χ3v) is 4.78. The summed E-state index contributed by atoms with van der Waals surface area (Å²) in [7, 11) is 1.64. The van der Waals surface area contributed by atoms with E-state index in [0.717, 1.165) is 11.6 Å². The minimum absolute atomic E-state index is 0.0156. The molecule has 2 aromatic carbocycles. The maximum atomic E-state index is 13.8. The van der Waals surface area contributed by atoms with E-state index in [1.54, 1.807) is 7.05 Å². The Bertz CT molecular complexity index is 754. The van der Waals surface area contributed by atoms with Gasteiger partial charge in [-0.15, -0.1) is 0 Å². The van der Waals surface area contributed by atoms with Crippen molar-refractivity contribution < 1.29 is 13.6 Å². The molecule has 0 radical (unpaired) electrons. The highest BCUT2D eigenvalue weighted by Crippen LogP contribution is 2.21. The van der Waals surface area contributed by atoms with Crippen LogP contribution in [-0.4, -0.2) is 36.5 Å². The summed E-state index contributed by atoms with van der Waals surface area (Å²) < 4.78 is 26.8. The van der Waals surface area contributed by atoms with Gasteiger partial charge in [0.2, 0.25) is 5.91 Å². The van der Waals surface area contributed by atoms with Gasteiger partial charge in [0.1, 0.15) is 11.6 Å². The minimum atomic E-state index is -0.583. The molecule has 0 aliphatic carbocycles. The highest BCUT2D eigenvalue weighted by atomic mass is 19.1. The number of carbonyl (C=O) groups is 1. The average molecular weight is 359 g/mol. The molecule has 2 aromatic rings. The lowest BCUT2D eigenvalue weighted by Crippen LogP contribution is -2.41. The van der Waals surface area contributed by atoms with E-state index in [1.165, 1.54) is 12.1 Å². The molecule has 26 heavy (non-hydrogen) atoms. The van der Waals surface area contributed by atoms with Crippen LogP contribution in [-0.2, 0) is 17.9 Å². The Morgan fingerprint density at radius 1 is 1.19 bits per heavy atom. The van der Waals surface area contributed by atoms with Crippen LogP contribution >= 0.6 is 0 Å². The Morgan fingerprint density at radius 3 is 2.65 bits per heavy atom. The number of likely N-dealkylation sites (N-methyl/N-ethyl adjacent to an activating group) is 1. The van der Waals surface area contributed by atoms with E-state index >= 15 is 0 Å². The SMILES string of the molecule is CNC(=O)[C@@H]1C[C@@H](NCc2ccc(F)cc2F)CN1Cc1ccccc1. The van der Waals surface area contributed by atoms with Crippen molar-refractivity contribution >= 4 is 5.91 Å². The highest BCUT2D eigenvalue weighted by Gasteiger charge is 2.36. The van der Waals surface area contributed by atoms with Crippen molar-refractivity contribution in [3.63, 3.8) is 0 Å². The predicted octanol–water partition coefficient (Wildman–Crippen LogP) is 2.44. The van der Waals surface area contributed by atoms with Crippen molar-refractivity contribution in [3.8, 4) is 0 Å². The second-order valence-electron chi connectivity index (χ2n) is 6.59. The topological polar surface area (TPSA) is 44.4 Å². The van der Waals surface area contributed by atoms with Crippen LogP contribution in [0.2, 0.25) is 0 Å². The van der Waals surface area contributed by atoms with Gasteiger partial charge >= 0.3 is 0 Å². The number of carbonyl (C=O) groups excluding carboxylic acids is 1. The molecule has 0 bridgehead atoms. The van der Waals surface area contributed by atoms with E-state index in [1.807, 2.05) is 30.3 Å². The number of benzene rings is 2. The summed E-state index contributed by atoms with van der Waals surface area (Å²) >= 11 is 0. The van der Waals surface area contributed by atoms with E-state index in [2.05, 4.69) is 15.5 Å². The Kier molecular flexibility index (Phi) is 5.96. The summed E-state index contributed by atoms with van der Waals surface area (Å²) in [5, 5.41) is 6.02. The molecule has 1 saturated heterocycles. The van der Waals surface area contributed by atoms with Crippen molar-refractivity contribution in [2.75, 3.05) is 13.6 Å². The molecule has 1 heterocycles. The molecular formula is C20H23F2N3O. The normalized spacial score (nSPS) is 20.3. The van der Waals surface area contributed by atoms with Crippen LogP contribution in [0.15, 0.2) is 48.5 Å². The Hall–Kier alpha value is -2.31. The predicted molar refractivity (Wildman–Crippen MR) is 96.3 cm³/mol. The average Bonchev–Trinajstić information content (AvgIpc) is 3.04. The van der Waals surface area contributed by atoms with Crippen molar-refractivity contribution in [2.45, 2.75) is 31.6 Å². The third kappa shape index (κ3) is 4.45. The molecule has 0 aromatic heterocycles. The second kappa shape index (κ2) is 8.38. The lowest BCUT2D eigenvalue weighted by Gasteiger charge is -2.22. The fraction of sp³-hybridized carbons (Fsp3) is 0.350. The number of hydrogen-bond acceptors (Lipinski definition) is 3. The van der Waals surface area contributed by atoms with Crippen molar-refractivity contribution in [1.29, 1.82) is 0 Å². The quantitative estimate of drug-likeness (QED) is 0.833. The first-order chi connectivity index (χ1) is 12.6. The first-order valence-electron chi connectivity index (χ1n) is 8.73. The monoisotopic (exact) mass is 359 g/mol.